The molecule has 0 nitrogen and oxygen atoms in total. The van der Waals surface area contributed by atoms with E-state index >= 15 is 0 Å². The zero-order valence-corrected chi connectivity index (χ0v) is 19.3. The summed E-state index contributed by atoms with van der Waals surface area (Å²) in [5.74, 6) is 0. The molecule has 0 N–H and O–H groups in total. The van der Waals surface area contributed by atoms with Gasteiger partial charge in [0.25, 0.3) is 0 Å². The van der Waals surface area contributed by atoms with Crippen LogP contribution in [0.3, 0.4) is 0 Å². The van der Waals surface area contributed by atoms with Gasteiger partial charge in [0.2, 0.25) is 8.13 Å². The molecule has 0 saturated heterocycles. The Bertz CT molecular complexity index is 850. The Balaban J connectivity index is 2.16. The van der Waals surface area contributed by atoms with Crippen LogP contribution in [0.15, 0.2) is 42.5 Å². The topological polar surface area (TPSA) is 0 Å². The monoisotopic (exact) mass is 527 g/mol. The molecule has 3 rings (SSSR count). The van der Waals surface area contributed by atoms with Crippen LogP contribution in [0.25, 0.3) is 11.1 Å². The van der Waals surface area contributed by atoms with E-state index in [0.29, 0.717) is 5.56 Å². The van der Waals surface area contributed by atoms with E-state index in [1.54, 1.807) is 12.1 Å². The van der Waals surface area contributed by atoms with Crippen molar-refractivity contribution in [2.75, 3.05) is 0 Å². The van der Waals surface area contributed by atoms with Crippen molar-refractivity contribution in [2.45, 2.75) is 16.8 Å². The maximum absolute atomic E-state index is 6.61. The van der Waals surface area contributed by atoms with Crippen molar-refractivity contribution in [3.8, 4) is 11.1 Å². The molecule has 0 heterocycles. The summed E-state index contributed by atoms with van der Waals surface area (Å²) >= 11 is 56.1. The van der Waals surface area contributed by atoms with Gasteiger partial charge in [-0.05, 0) is 27.8 Å². The summed E-state index contributed by atoms with van der Waals surface area (Å²) in [6.07, 6.45) is 1.92. The van der Waals surface area contributed by atoms with Crippen LogP contribution >= 0.6 is 104 Å². The summed E-state index contributed by atoms with van der Waals surface area (Å²) in [5.41, 5.74) is 4.06. The first-order chi connectivity index (χ1) is 11.8. The Morgan fingerprint density at radius 2 is 1.15 bits per heavy atom. The number of benzene rings is 2. The largest absolute Gasteiger partial charge is 0.226 e. The predicted octanol–water partition coefficient (Wildman–Crippen LogP) is 8.62. The molecule has 0 bridgehead atoms. The van der Waals surface area contributed by atoms with Crippen LogP contribution in [-0.4, -0.2) is 12.5 Å². The summed E-state index contributed by atoms with van der Waals surface area (Å²) in [7, 11) is 0. The average Bonchev–Trinajstić information content (AvgIpc) is 2.91. The fourth-order valence-corrected chi connectivity index (χ4v) is 5.09. The lowest BCUT2D eigenvalue weighted by Gasteiger charge is -2.44. The molecular weight excluding hydrogens is 523 g/mol. The molecule has 0 aliphatic heterocycles. The highest BCUT2D eigenvalue weighted by atomic mass is 35.6. The van der Waals surface area contributed by atoms with Crippen molar-refractivity contribution in [1.82, 2.24) is 0 Å². The second-order valence-electron chi connectivity index (χ2n) is 5.72. The zero-order valence-electron chi connectivity index (χ0n) is 12.5. The van der Waals surface area contributed by atoms with Crippen LogP contribution in [0.5, 0.6) is 0 Å². The van der Waals surface area contributed by atoms with Gasteiger partial charge in [0.1, 0.15) is 0 Å². The molecule has 0 atom stereocenters. The fraction of sp³-hybridized carbons (Fsp3) is 0.235. The summed E-state index contributed by atoms with van der Waals surface area (Å²) in [5, 5.41) is 0. The lowest BCUT2D eigenvalue weighted by Crippen LogP contribution is -2.55. The highest BCUT2D eigenvalue weighted by molar-refractivity contribution is 6.80. The fourth-order valence-electron chi connectivity index (χ4n) is 2.80. The van der Waals surface area contributed by atoms with Gasteiger partial charge in [-0.2, -0.15) is 0 Å². The lowest BCUT2D eigenvalue weighted by atomic mass is 9.96. The van der Waals surface area contributed by atoms with E-state index in [1.165, 1.54) is 0 Å². The molecule has 0 fully saturated rings. The van der Waals surface area contributed by atoms with Gasteiger partial charge in [-0.3, -0.25) is 0 Å². The number of alkyl halides is 9. The third kappa shape index (κ3) is 3.22. The minimum absolute atomic E-state index is 0.388. The smallest absolute Gasteiger partial charge is 0.0943 e. The summed E-state index contributed by atoms with van der Waals surface area (Å²) < 4.78 is -8.88. The molecule has 0 aromatic heterocycles. The van der Waals surface area contributed by atoms with Crippen LogP contribution in [0, 0.1) is 6.42 Å². The van der Waals surface area contributed by atoms with E-state index in [1.807, 2.05) is 36.8 Å². The summed E-state index contributed by atoms with van der Waals surface area (Å²) in [4.78, 5) is 0. The Morgan fingerprint density at radius 1 is 0.577 bits per heavy atom. The van der Waals surface area contributed by atoms with Crippen LogP contribution in [-0.2, 0) is 4.33 Å². The molecule has 1 radical (unpaired) electrons. The molecular formula is C17H8Cl9. The van der Waals surface area contributed by atoms with Crippen molar-refractivity contribution in [2.24, 2.45) is 0 Å². The van der Waals surface area contributed by atoms with E-state index in [0.717, 1.165) is 22.3 Å². The predicted molar refractivity (Wildman–Crippen MR) is 117 cm³/mol. The van der Waals surface area contributed by atoms with Gasteiger partial charge >= 0.3 is 0 Å². The van der Waals surface area contributed by atoms with Gasteiger partial charge in [0, 0.05) is 6.42 Å². The maximum atomic E-state index is 6.61. The zero-order chi connectivity index (χ0) is 19.5. The molecule has 139 valence electrons. The number of fused-ring (bicyclic) bond motifs is 3. The Kier molecular flexibility index (Phi) is 5.92. The Morgan fingerprint density at radius 3 is 1.77 bits per heavy atom. The summed E-state index contributed by atoms with van der Waals surface area (Å²) in [6, 6.07) is 13.2. The normalized spacial score (nSPS) is 15.0. The van der Waals surface area contributed by atoms with E-state index < -0.39 is 16.8 Å². The Hall–Kier alpha value is 1.05. The third-order valence-corrected chi connectivity index (χ3v) is 9.59. The van der Waals surface area contributed by atoms with Gasteiger partial charge in [-0.1, -0.05) is 147 Å². The molecule has 0 saturated carbocycles. The second kappa shape index (κ2) is 7.08. The third-order valence-electron chi connectivity index (χ3n) is 4.14. The van der Waals surface area contributed by atoms with E-state index in [4.69, 9.17) is 104 Å². The van der Waals surface area contributed by atoms with Crippen LogP contribution < -0.4 is 0 Å². The first-order valence-electron chi connectivity index (χ1n) is 7.10. The highest BCUT2D eigenvalue weighted by Crippen LogP contribution is 2.66. The van der Waals surface area contributed by atoms with E-state index in [2.05, 4.69) is 0 Å². The van der Waals surface area contributed by atoms with E-state index in [-0.39, 0.29) is 0 Å². The van der Waals surface area contributed by atoms with Crippen LogP contribution in [0.1, 0.15) is 16.7 Å². The standard InChI is InChI=1S/C17H8Cl9/c18-14(19,15(20,21)16(22,23)17(24,25)26)13-7-3-6-11-10-5-2-1-4-9(10)8-12(11)13/h1-8H. The van der Waals surface area contributed by atoms with Crippen molar-refractivity contribution in [3.63, 3.8) is 0 Å². The Labute approximate surface area is 196 Å². The molecule has 9 heteroatoms. The lowest BCUT2D eigenvalue weighted by molar-refractivity contribution is 0.599. The molecule has 0 amide bonds. The minimum Gasteiger partial charge on any atom is -0.0943 e. The number of rotatable bonds is 3. The van der Waals surface area contributed by atoms with Gasteiger partial charge < -0.3 is 0 Å². The van der Waals surface area contributed by atoms with Crippen LogP contribution in [0.4, 0.5) is 0 Å². The van der Waals surface area contributed by atoms with Crippen molar-refractivity contribution >= 4 is 104 Å². The van der Waals surface area contributed by atoms with Crippen molar-refractivity contribution in [1.29, 1.82) is 0 Å². The molecule has 1 aliphatic carbocycles. The molecule has 1 aliphatic rings. The average molecular weight is 531 g/mol. The molecule has 0 spiro atoms. The SMILES string of the molecule is ClC(Cl)(Cl)C(Cl)(Cl)C(Cl)(Cl)C(Cl)(Cl)c1cccc2c1[CH]c1ccccc1-2. The minimum atomic E-state index is -2.33. The molecule has 2 aromatic carbocycles. The summed E-state index contributed by atoms with van der Waals surface area (Å²) in [6.45, 7) is 0. The van der Waals surface area contributed by atoms with Gasteiger partial charge in [0.05, 0.1) is 0 Å². The van der Waals surface area contributed by atoms with Gasteiger partial charge in [0.15, 0.2) is 8.67 Å². The first-order valence-corrected chi connectivity index (χ1v) is 10.5. The maximum Gasteiger partial charge on any atom is 0.226 e. The van der Waals surface area contributed by atoms with Crippen molar-refractivity contribution < 1.29 is 0 Å². The number of hydrogen-bond donors (Lipinski definition) is 0. The highest BCUT2D eigenvalue weighted by Gasteiger charge is 2.69. The van der Waals surface area contributed by atoms with E-state index in [9.17, 15) is 0 Å². The van der Waals surface area contributed by atoms with Crippen molar-refractivity contribution in [3.05, 3.63) is 65.6 Å². The number of hydrogen-bond acceptors (Lipinski definition) is 0. The molecule has 26 heavy (non-hydrogen) atoms. The second-order valence-corrected chi connectivity index (χ2v) is 12.0. The van der Waals surface area contributed by atoms with Gasteiger partial charge in [-0.25, -0.2) is 0 Å². The molecule has 2 aromatic rings. The number of halogens is 9. The first kappa shape index (κ1) is 21.8. The van der Waals surface area contributed by atoms with Gasteiger partial charge in [-0.15, -0.1) is 0 Å². The quantitative estimate of drug-likeness (QED) is 0.297. The van der Waals surface area contributed by atoms with Crippen LogP contribution in [0.2, 0.25) is 0 Å². The molecule has 0 unspecified atom stereocenters.